The van der Waals surface area contributed by atoms with Crippen molar-refractivity contribution in [2.24, 2.45) is 0 Å². The SMILES string of the molecule is O=C(N1CCNCCNCC1)C(F)(F)F. The molecule has 15 heavy (non-hydrogen) atoms. The van der Waals surface area contributed by atoms with E-state index in [0.29, 0.717) is 26.2 Å². The lowest BCUT2D eigenvalue weighted by atomic mass is 10.4. The van der Waals surface area contributed by atoms with E-state index in [4.69, 9.17) is 0 Å². The number of nitrogens with one attached hydrogen (secondary N) is 2. The van der Waals surface area contributed by atoms with E-state index in [9.17, 15) is 18.0 Å². The molecule has 1 heterocycles. The maximum atomic E-state index is 12.1. The second-order valence-electron chi connectivity index (χ2n) is 3.29. The minimum absolute atomic E-state index is 0.0972. The van der Waals surface area contributed by atoms with Gasteiger partial charge in [-0.15, -0.1) is 0 Å². The first-order chi connectivity index (χ1) is 7.02. The smallest absolute Gasteiger partial charge is 0.332 e. The molecule has 1 aliphatic rings. The molecule has 1 aliphatic heterocycles. The highest BCUT2D eigenvalue weighted by Gasteiger charge is 2.42. The first-order valence-corrected chi connectivity index (χ1v) is 4.79. The lowest BCUT2D eigenvalue weighted by Gasteiger charge is -2.22. The minimum atomic E-state index is -4.77. The average molecular weight is 225 g/mol. The fourth-order valence-electron chi connectivity index (χ4n) is 1.35. The molecule has 0 bridgehead atoms. The number of hydrogen-bond acceptors (Lipinski definition) is 3. The maximum Gasteiger partial charge on any atom is 0.471 e. The predicted octanol–water partition coefficient (Wildman–Crippen LogP) is -0.430. The monoisotopic (exact) mass is 225 g/mol. The van der Waals surface area contributed by atoms with Gasteiger partial charge in [-0.25, -0.2) is 0 Å². The molecule has 1 amide bonds. The van der Waals surface area contributed by atoms with Crippen LogP contribution in [0.3, 0.4) is 0 Å². The Hall–Kier alpha value is -0.820. The number of halogens is 3. The van der Waals surface area contributed by atoms with Gasteiger partial charge in [-0.1, -0.05) is 0 Å². The van der Waals surface area contributed by atoms with Crippen molar-refractivity contribution in [3.8, 4) is 0 Å². The van der Waals surface area contributed by atoms with E-state index in [2.05, 4.69) is 10.6 Å². The van der Waals surface area contributed by atoms with Gasteiger partial charge in [-0.2, -0.15) is 13.2 Å². The highest BCUT2D eigenvalue weighted by Crippen LogP contribution is 2.17. The number of alkyl halides is 3. The quantitative estimate of drug-likeness (QED) is 0.588. The minimum Gasteiger partial charge on any atom is -0.332 e. The summed E-state index contributed by atoms with van der Waals surface area (Å²) in [6, 6.07) is 0. The molecule has 0 radical (unpaired) electrons. The molecule has 0 unspecified atom stereocenters. The van der Waals surface area contributed by atoms with Gasteiger partial charge in [0.25, 0.3) is 0 Å². The van der Waals surface area contributed by atoms with Gasteiger partial charge in [-0.05, 0) is 0 Å². The Balaban J connectivity index is 2.53. The lowest BCUT2D eigenvalue weighted by molar-refractivity contribution is -0.185. The van der Waals surface area contributed by atoms with Crippen LogP contribution in [-0.4, -0.2) is 56.3 Å². The summed E-state index contributed by atoms with van der Waals surface area (Å²) in [5, 5.41) is 5.88. The molecular formula is C8H14F3N3O. The summed E-state index contributed by atoms with van der Waals surface area (Å²) in [7, 11) is 0. The maximum absolute atomic E-state index is 12.1. The molecule has 88 valence electrons. The summed E-state index contributed by atoms with van der Waals surface area (Å²) in [6.45, 7) is 2.38. The van der Waals surface area contributed by atoms with Gasteiger partial charge >= 0.3 is 12.1 Å². The van der Waals surface area contributed by atoms with Gasteiger partial charge in [0.1, 0.15) is 0 Å². The van der Waals surface area contributed by atoms with Crippen molar-refractivity contribution in [3.63, 3.8) is 0 Å². The first-order valence-electron chi connectivity index (χ1n) is 4.79. The highest BCUT2D eigenvalue weighted by atomic mass is 19.4. The van der Waals surface area contributed by atoms with E-state index in [1.54, 1.807) is 0 Å². The molecule has 0 aromatic heterocycles. The summed E-state index contributed by atoms with van der Waals surface area (Å²) < 4.78 is 36.4. The van der Waals surface area contributed by atoms with Crippen LogP contribution in [0.25, 0.3) is 0 Å². The molecule has 0 saturated carbocycles. The Labute approximate surface area is 85.8 Å². The zero-order valence-corrected chi connectivity index (χ0v) is 8.23. The van der Waals surface area contributed by atoms with Crippen LogP contribution in [0.5, 0.6) is 0 Å². The van der Waals surface area contributed by atoms with Crippen LogP contribution in [0.4, 0.5) is 13.2 Å². The van der Waals surface area contributed by atoms with Crippen molar-refractivity contribution in [1.29, 1.82) is 0 Å². The molecule has 0 aromatic rings. The first kappa shape index (κ1) is 12.3. The summed E-state index contributed by atoms with van der Waals surface area (Å²) in [6.07, 6.45) is -4.77. The second-order valence-corrected chi connectivity index (χ2v) is 3.29. The van der Waals surface area contributed by atoms with Gasteiger partial charge < -0.3 is 15.5 Å². The summed E-state index contributed by atoms with van der Waals surface area (Å²) >= 11 is 0. The van der Waals surface area contributed by atoms with Gasteiger partial charge in [0.2, 0.25) is 0 Å². The van der Waals surface area contributed by atoms with Gasteiger partial charge in [-0.3, -0.25) is 4.79 Å². The molecule has 1 fully saturated rings. The topological polar surface area (TPSA) is 44.4 Å². The van der Waals surface area contributed by atoms with E-state index < -0.39 is 12.1 Å². The summed E-state index contributed by atoms with van der Waals surface area (Å²) in [5.74, 6) is -1.76. The Morgan fingerprint density at radius 2 is 1.47 bits per heavy atom. The van der Waals surface area contributed by atoms with Gasteiger partial charge in [0.15, 0.2) is 0 Å². The van der Waals surface area contributed by atoms with Crippen molar-refractivity contribution in [3.05, 3.63) is 0 Å². The average Bonchev–Trinajstić information content (AvgIpc) is 2.27. The van der Waals surface area contributed by atoms with E-state index in [-0.39, 0.29) is 13.1 Å². The Kier molecular flexibility index (Phi) is 4.34. The number of carbonyl (C=O) groups is 1. The Morgan fingerprint density at radius 1 is 1.00 bits per heavy atom. The van der Waals surface area contributed by atoms with Crippen molar-refractivity contribution in [2.75, 3.05) is 39.3 Å². The molecule has 4 nitrogen and oxygen atoms in total. The van der Waals surface area contributed by atoms with Crippen molar-refractivity contribution < 1.29 is 18.0 Å². The molecule has 2 N–H and O–H groups in total. The number of hydrogen-bond donors (Lipinski definition) is 2. The fraction of sp³-hybridized carbons (Fsp3) is 0.875. The van der Waals surface area contributed by atoms with Crippen molar-refractivity contribution in [2.45, 2.75) is 6.18 Å². The number of nitrogens with zero attached hydrogens (tertiary/aromatic N) is 1. The van der Waals surface area contributed by atoms with Crippen LogP contribution in [0.2, 0.25) is 0 Å². The van der Waals surface area contributed by atoms with Crippen LogP contribution in [0, 0.1) is 0 Å². The molecule has 1 rings (SSSR count). The Morgan fingerprint density at radius 3 is 1.87 bits per heavy atom. The molecule has 0 atom stereocenters. The van der Waals surface area contributed by atoms with Crippen LogP contribution in [-0.2, 0) is 4.79 Å². The normalized spacial score (nSPS) is 20.3. The standard InChI is InChI=1S/C8H14F3N3O/c9-8(10,11)7(15)14-5-3-12-1-2-13-4-6-14/h12-13H,1-6H2. The third-order valence-electron chi connectivity index (χ3n) is 2.13. The molecule has 0 aromatic carbocycles. The van der Waals surface area contributed by atoms with Crippen LogP contribution >= 0.6 is 0 Å². The zero-order valence-electron chi connectivity index (χ0n) is 8.23. The zero-order chi connectivity index (χ0) is 11.3. The Bertz CT molecular complexity index is 210. The largest absolute Gasteiger partial charge is 0.471 e. The number of amides is 1. The van der Waals surface area contributed by atoms with Crippen molar-refractivity contribution >= 4 is 5.91 Å². The predicted molar refractivity (Wildman–Crippen MR) is 48.4 cm³/mol. The third-order valence-corrected chi connectivity index (χ3v) is 2.13. The summed E-state index contributed by atoms with van der Waals surface area (Å²) in [5.41, 5.74) is 0. The van der Waals surface area contributed by atoms with E-state index >= 15 is 0 Å². The van der Waals surface area contributed by atoms with Gasteiger partial charge in [0, 0.05) is 39.3 Å². The number of rotatable bonds is 0. The van der Waals surface area contributed by atoms with Crippen LogP contribution in [0.1, 0.15) is 0 Å². The van der Waals surface area contributed by atoms with E-state index in [0.717, 1.165) is 4.90 Å². The molecule has 0 spiro atoms. The molecular weight excluding hydrogens is 211 g/mol. The van der Waals surface area contributed by atoms with E-state index in [1.807, 2.05) is 0 Å². The van der Waals surface area contributed by atoms with Crippen molar-refractivity contribution in [1.82, 2.24) is 15.5 Å². The molecule has 7 heteroatoms. The van der Waals surface area contributed by atoms with Crippen LogP contribution < -0.4 is 10.6 Å². The van der Waals surface area contributed by atoms with Gasteiger partial charge in [0.05, 0.1) is 0 Å². The highest BCUT2D eigenvalue weighted by molar-refractivity contribution is 5.81. The number of carbonyl (C=O) groups excluding carboxylic acids is 1. The second kappa shape index (κ2) is 5.32. The third kappa shape index (κ3) is 4.05. The van der Waals surface area contributed by atoms with E-state index in [1.165, 1.54) is 0 Å². The summed E-state index contributed by atoms with van der Waals surface area (Å²) in [4.78, 5) is 11.8. The molecule has 0 aliphatic carbocycles. The van der Waals surface area contributed by atoms with Crippen LogP contribution in [0.15, 0.2) is 0 Å². The lowest BCUT2D eigenvalue weighted by Crippen LogP contribution is -2.45. The molecule has 1 saturated heterocycles. The fourth-order valence-corrected chi connectivity index (χ4v) is 1.35.